The number of aromatic nitrogens is 2. The number of anilines is 1. The number of aryl methyl sites for hydroxylation is 2. The molecule has 3 heteroatoms. The van der Waals surface area contributed by atoms with E-state index in [4.69, 9.17) is 5.73 Å². The van der Waals surface area contributed by atoms with E-state index in [9.17, 15) is 0 Å². The number of fused-ring (bicyclic) bond motifs is 1. The fourth-order valence-corrected chi connectivity index (χ4v) is 2.67. The SMILES string of the molecule is Cc1cc(N)ncc1C1CCc2cccnc21. The molecular weight excluding hydrogens is 210 g/mol. The van der Waals surface area contributed by atoms with E-state index in [1.54, 1.807) is 0 Å². The van der Waals surface area contributed by atoms with Crippen molar-refractivity contribution in [2.24, 2.45) is 0 Å². The summed E-state index contributed by atoms with van der Waals surface area (Å²) in [6, 6.07) is 6.12. The van der Waals surface area contributed by atoms with Gasteiger partial charge >= 0.3 is 0 Å². The van der Waals surface area contributed by atoms with Gasteiger partial charge in [-0.05, 0) is 48.6 Å². The lowest BCUT2D eigenvalue weighted by Crippen LogP contribution is -2.03. The normalized spacial score (nSPS) is 18.1. The van der Waals surface area contributed by atoms with Crippen LogP contribution in [0.1, 0.15) is 34.7 Å². The Morgan fingerprint density at radius 1 is 1.35 bits per heavy atom. The van der Waals surface area contributed by atoms with Gasteiger partial charge in [0.2, 0.25) is 0 Å². The lowest BCUT2D eigenvalue weighted by atomic mass is 9.94. The third-order valence-electron chi connectivity index (χ3n) is 3.51. The first kappa shape index (κ1) is 10.3. The minimum Gasteiger partial charge on any atom is -0.384 e. The number of hydrogen-bond donors (Lipinski definition) is 1. The van der Waals surface area contributed by atoms with Crippen LogP contribution in [-0.4, -0.2) is 9.97 Å². The minimum atomic E-state index is 0.388. The molecule has 0 aromatic carbocycles. The molecular formula is C14H15N3. The molecule has 0 fully saturated rings. The van der Waals surface area contributed by atoms with Gasteiger partial charge in [-0.15, -0.1) is 0 Å². The number of hydrogen-bond acceptors (Lipinski definition) is 3. The van der Waals surface area contributed by atoms with Gasteiger partial charge in [-0.3, -0.25) is 4.98 Å². The highest BCUT2D eigenvalue weighted by molar-refractivity contribution is 5.44. The van der Waals surface area contributed by atoms with Crippen molar-refractivity contribution in [2.75, 3.05) is 5.73 Å². The van der Waals surface area contributed by atoms with Crippen molar-refractivity contribution in [2.45, 2.75) is 25.7 Å². The van der Waals surface area contributed by atoms with Gasteiger partial charge in [0.05, 0.1) is 5.69 Å². The molecule has 1 aliphatic rings. The molecule has 0 radical (unpaired) electrons. The fraction of sp³-hybridized carbons (Fsp3) is 0.286. The van der Waals surface area contributed by atoms with Crippen LogP contribution in [0.3, 0.4) is 0 Å². The Morgan fingerprint density at radius 2 is 2.24 bits per heavy atom. The van der Waals surface area contributed by atoms with Crippen molar-refractivity contribution >= 4 is 5.82 Å². The molecule has 2 aromatic heterocycles. The van der Waals surface area contributed by atoms with Gasteiger partial charge in [0, 0.05) is 18.3 Å². The maximum Gasteiger partial charge on any atom is 0.123 e. The first-order valence-electron chi connectivity index (χ1n) is 5.91. The molecule has 0 spiro atoms. The summed E-state index contributed by atoms with van der Waals surface area (Å²) < 4.78 is 0. The Labute approximate surface area is 101 Å². The van der Waals surface area contributed by atoms with Crippen molar-refractivity contribution in [3.63, 3.8) is 0 Å². The van der Waals surface area contributed by atoms with Crippen LogP contribution in [0.4, 0.5) is 5.82 Å². The average Bonchev–Trinajstić information content (AvgIpc) is 2.73. The van der Waals surface area contributed by atoms with Gasteiger partial charge in [-0.2, -0.15) is 0 Å². The van der Waals surface area contributed by atoms with Crippen molar-refractivity contribution < 1.29 is 0 Å². The highest BCUT2D eigenvalue weighted by Crippen LogP contribution is 2.37. The number of nitrogen functional groups attached to an aromatic ring is 1. The van der Waals surface area contributed by atoms with E-state index in [-0.39, 0.29) is 0 Å². The number of rotatable bonds is 1. The molecule has 0 bridgehead atoms. The molecule has 0 saturated heterocycles. The van der Waals surface area contributed by atoms with E-state index < -0.39 is 0 Å². The van der Waals surface area contributed by atoms with Gasteiger partial charge < -0.3 is 5.73 Å². The second-order valence-corrected chi connectivity index (χ2v) is 4.60. The van der Waals surface area contributed by atoms with Crippen molar-refractivity contribution in [3.8, 4) is 0 Å². The van der Waals surface area contributed by atoms with E-state index in [0.29, 0.717) is 11.7 Å². The molecule has 0 aliphatic heterocycles. The molecule has 1 aliphatic carbocycles. The third kappa shape index (κ3) is 1.68. The second-order valence-electron chi connectivity index (χ2n) is 4.60. The van der Waals surface area contributed by atoms with Gasteiger partial charge in [0.1, 0.15) is 5.82 Å². The summed E-state index contributed by atoms with van der Waals surface area (Å²) in [5.74, 6) is 0.977. The van der Waals surface area contributed by atoms with Crippen molar-refractivity contribution in [3.05, 3.63) is 53.0 Å². The van der Waals surface area contributed by atoms with E-state index in [2.05, 4.69) is 23.0 Å². The zero-order valence-electron chi connectivity index (χ0n) is 9.85. The fourth-order valence-electron chi connectivity index (χ4n) is 2.67. The van der Waals surface area contributed by atoms with Crippen LogP contribution in [-0.2, 0) is 6.42 Å². The van der Waals surface area contributed by atoms with Crippen LogP contribution in [0.5, 0.6) is 0 Å². The Balaban J connectivity index is 2.07. The molecule has 86 valence electrons. The van der Waals surface area contributed by atoms with E-state index >= 15 is 0 Å². The number of pyridine rings is 2. The topological polar surface area (TPSA) is 51.8 Å². The molecule has 0 saturated carbocycles. The monoisotopic (exact) mass is 225 g/mol. The Hall–Kier alpha value is -1.90. The molecule has 17 heavy (non-hydrogen) atoms. The van der Waals surface area contributed by atoms with Crippen LogP contribution < -0.4 is 5.73 Å². The van der Waals surface area contributed by atoms with E-state index in [1.807, 2.05) is 24.5 Å². The quantitative estimate of drug-likeness (QED) is 0.811. The van der Waals surface area contributed by atoms with E-state index in [1.165, 1.54) is 22.4 Å². The molecule has 1 unspecified atom stereocenters. The smallest absolute Gasteiger partial charge is 0.123 e. The first-order valence-corrected chi connectivity index (χ1v) is 5.91. The summed E-state index contributed by atoms with van der Waals surface area (Å²) in [5.41, 5.74) is 10.7. The molecule has 2 aromatic rings. The van der Waals surface area contributed by atoms with Crippen LogP contribution in [0.15, 0.2) is 30.6 Å². The molecule has 0 amide bonds. The zero-order valence-corrected chi connectivity index (χ0v) is 9.85. The molecule has 1 atom stereocenters. The molecule has 3 rings (SSSR count). The maximum absolute atomic E-state index is 5.69. The first-order chi connectivity index (χ1) is 8.25. The van der Waals surface area contributed by atoms with Crippen LogP contribution in [0, 0.1) is 6.92 Å². The largest absolute Gasteiger partial charge is 0.384 e. The molecule has 3 nitrogen and oxygen atoms in total. The van der Waals surface area contributed by atoms with Crippen LogP contribution in [0.25, 0.3) is 0 Å². The molecule has 2 heterocycles. The standard InChI is InChI=1S/C14H15N3/c1-9-7-13(15)17-8-12(9)11-5-4-10-3-2-6-16-14(10)11/h2-3,6-8,11H,4-5H2,1H3,(H2,15,17). The lowest BCUT2D eigenvalue weighted by Gasteiger charge is -2.13. The van der Waals surface area contributed by atoms with Gasteiger partial charge in [0.25, 0.3) is 0 Å². The minimum absolute atomic E-state index is 0.388. The van der Waals surface area contributed by atoms with Gasteiger partial charge in [0.15, 0.2) is 0 Å². The summed E-state index contributed by atoms with van der Waals surface area (Å²) in [6.45, 7) is 2.09. The predicted molar refractivity (Wildman–Crippen MR) is 67.8 cm³/mol. The average molecular weight is 225 g/mol. The zero-order chi connectivity index (χ0) is 11.8. The predicted octanol–water partition coefficient (Wildman–Crippen LogP) is 2.45. The highest BCUT2D eigenvalue weighted by atomic mass is 14.8. The lowest BCUT2D eigenvalue weighted by molar-refractivity contribution is 0.762. The van der Waals surface area contributed by atoms with Gasteiger partial charge in [-0.1, -0.05) is 6.07 Å². The van der Waals surface area contributed by atoms with E-state index in [0.717, 1.165) is 12.8 Å². The maximum atomic E-state index is 5.69. The van der Waals surface area contributed by atoms with Crippen LogP contribution >= 0.6 is 0 Å². The second kappa shape index (κ2) is 3.84. The summed E-state index contributed by atoms with van der Waals surface area (Å²) in [6.07, 6.45) is 6.01. The highest BCUT2D eigenvalue weighted by Gasteiger charge is 2.26. The summed E-state index contributed by atoms with van der Waals surface area (Å²) in [4.78, 5) is 8.73. The molecule has 2 N–H and O–H groups in total. The Bertz CT molecular complexity index is 563. The Morgan fingerprint density at radius 3 is 3.06 bits per heavy atom. The van der Waals surface area contributed by atoms with Crippen molar-refractivity contribution in [1.29, 1.82) is 0 Å². The summed E-state index contributed by atoms with van der Waals surface area (Å²) >= 11 is 0. The number of nitrogens with two attached hydrogens (primary N) is 1. The van der Waals surface area contributed by atoms with Crippen molar-refractivity contribution in [1.82, 2.24) is 9.97 Å². The summed E-state index contributed by atoms with van der Waals surface area (Å²) in [5, 5.41) is 0. The van der Waals surface area contributed by atoms with Crippen LogP contribution in [0.2, 0.25) is 0 Å². The third-order valence-corrected chi connectivity index (χ3v) is 3.51. The summed E-state index contributed by atoms with van der Waals surface area (Å²) in [7, 11) is 0. The Kier molecular flexibility index (Phi) is 2.32. The number of nitrogens with zero attached hydrogens (tertiary/aromatic N) is 2. The van der Waals surface area contributed by atoms with Gasteiger partial charge in [-0.25, -0.2) is 4.98 Å².